The van der Waals surface area contributed by atoms with Gasteiger partial charge in [0.2, 0.25) is 0 Å². The van der Waals surface area contributed by atoms with Crippen molar-refractivity contribution in [3.05, 3.63) is 0 Å². The molecule has 9 unspecified atom stereocenters. The van der Waals surface area contributed by atoms with Crippen molar-refractivity contribution in [1.82, 2.24) is 5.32 Å². The van der Waals surface area contributed by atoms with E-state index in [1.165, 1.54) is 12.8 Å². The van der Waals surface area contributed by atoms with E-state index in [4.69, 9.17) is 0 Å². The van der Waals surface area contributed by atoms with Crippen LogP contribution in [0.2, 0.25) is 0 Å². The number of aliphatic hydroxyl groups is 1. The van der Waals surface area contributed by atoms with E-state index in [-0.39, 0.29) is 35.2 Å². The second-order valence-corrected chi connectivity index (χ2v) is 12.4. The summed E-state index contributed by atoms with van der Waals surface area (Å²) in [6.07, 6.45) is 10.9. The van der Waals surface area contributed by atoms with E-state index in [2.05, 4.69) is 19.2 Å². The normalized spacial score (nSPS) is 44.5. The van der Waals surface area contributed by atoms with Crippen LogP contribution >= 0.6 is 0 Å². The highest BCUT2D eigenvalue weighted by molar-refractivity contribution is 6.12. The van der Waals surface area contributed by atoms with Crippen LogP contribution in [0.15, 0.2) is 0 Å². The van der Waals surface area contributed by atoms with Gasteiger partial charge < -0.3 is 10.4 Å². The molecule has 1 aliphatic heterocycles. The number of fused-ring (bicyclic) bond motifs is 2. The molecule has 0 radical (unpaired) electrons. The molecule has 1 heterocycles. The van der Waals surface area contributed by atoms with E-state index >= 15 is 0 Å². The molecule has 5 rings (SSSR count). The molecule has 0 aromatic rings. The third-order valence-electron chi connectivity index (χ3n) is 10.3. The van der Waals surface area contributed by atoms with Gasteiger partial charge in [-0.05, 0) is 75.5 Å². The van der Waals surface area contributed by atoms with E-state index in [0.717, 1.165) is 44.9 Å². The van der Waals surface area contributed by atoms with Gasteiger partial charge in [0.15, 0.2) is 0 Å². The molecule has 5 fully saturated rings. The topological polar surface area (TPSA) is 83.5 Å². The lowest BCUT2D eigenvalue weighted by Gasteiger charge is -2.47. The molecule has 4 saturated carbocycles. The van der Waals surface area contributed by atoms with Crippen LogP contribution < -0.4 is 5.32 Å². The first-order chi connectivity index (χ1) is 15.8. The van der Waals surface area contributed by atoms with Gasteiger partial charge in [0.05, 0.1) is 12.0 Å². The van der Waals surface area contributed by atoms with Crippen molar-refractivity contribution < 1.29 is 19.5 Å². The van der Waals surface area contributed by atoms with Gasteiger partial charge in [-0.1, -0.05) is 33.1 Å². The quantitative estimate of drug-likeness (QED) is 0.621. The van der Waals surface area contributed by atoms with Gasteiger partial charge in [-0.25, -0.2) is 0 Å². The first kappa shape index (κ1) is 23.7. The molecule has 0 spiro atoms. The number of carbonyl (C=O) groups is 3. The molecule has 0 aromatic heterocycles. The molecule has 5 nitrogen and oxygen atoms in total. The number of piperidine rings is 1. The molecule has 184 valence electrons. The summed E-state index contributed by atoms with van der Waals surface area (Å²) in [7, 11) is 0. The average Bonchev–Trinajstić information content (AvgIpc) is 3.07. The summed E-state index contributed by atoms with van der Waals surface area (Å²) in [5, 5.41) is 14.7. The Morgan fingerprint density at radius 2 is 1.58 bits per heavy atom. The Hall–Kier alpha value is -1.07. The number of ketones is 3. The minimum atomic E-state index is -0.720. The molecule has 0 amide bonds. The highest BCUT2D eigenvalue weighted by atomic mass is 16.3. The van der Waals surface area contributed by atoms with Crippen LogP contribution in [0.5, 0.6) is 0 Å². The number of hydrogen-bond acceptors (Lipinski definition) is 5. The summed E-state index contributed by atoms with van der Waals surface area (Å²) < 4.78 is 0. The summed E-state index contributed by atoms with van der Waals surface area (Å²) in [6.45, 7) is 4.56. The van der Waals surface area contributed by atoms with Gasteiger partial charge in [-0.15, -0.1) is 0 Å². The maximum absolute atomic E-state index is 13.6. The minimum absolute atomic E-state index is 0.0111. The third kappa shape index (κ3) is 4.37. The van der Waals surface area contributed by atoms with Gasteiger partial charge in [-0.3, -0.25) is 14.4 Å². The number of nitrogens with one attached hydrogen (secondary N) is 1. The Balaban J connectivity index is 1.26. The lowest BCUT2D eigenvalue weighted by molar-refractivity contribution is -0.133. The molecule has 0 aromatic carbocycles. The van der Waals surface area contributed by atoms with Crippen molar-refractivity contribution in [2.75, 3.05) is 0 Å². The summed E-state index contributed by atoms with van der Waals surface area (Å²) in [5.41, 5.74) is 0. The first-order valence-electron chi connectivity index (χ1n) is 13.9. The average molecular weight is 458 g/mol. The standard InChI is InChI=1S/C28H43NO4/c1-15(2)17-9-11-22-19(12-17)14-23(30)25(29-22)24-27(32)20-10-8-18(13-21(20)28(24)33)26(31)16-6-4-3-5-7-16/h15-25,29-30H,3-14H2,1-2H3. The molecule has 9 atom stereocenters. The van der Waals surface area contributed by atoms with Crippen LogP contribution in [0.3, 0.4) is 0 Å². The monoisotopic (exact) mass is 457 g/mol. The molecule has 5 aliphatic rings. The van der Waals surface area contributed by atoms with E-state index < -0.39 is 18.1 Å². The fourth-order valence-corrected chi connectivity index (χ4v) is 8.28. The zero-order chi connectivity index (χ0) is 23.3. The lowest BCUT2D eigenvalue weighted by Crippen LogP contribution is -2.61. The van der Waals surface area contributed by atoms with Crippen LogP contribution in [-0.4, -0.2) is 40.6 Å². The predicted octanol–water partition coefficient (Wildman–Crippen LogP) is 4.10. The van der Waals surface area contributed by atoms with Crippen molar-refractivity contribution >= 4 is 17.3 Å². The van der Waals surface area contributed by atoms with E-state index in [1.807, 2.05) is 0 Å². The number of rotatable bonds is 4. The predicted molar refractivity (Wildman–Crippen MR) is 126 cm³/mol. The number of hydrogen-bond donors (Lipinski definition) is 2. The zero-order valence-electron chi connectivity index (χ0n) is 20.5. The van der Waals surface area contributed by atoms with Crippen molar-refractivity contribution in [3.8, 4) is 0 Å². The number of Topliss-reactive ketones (excluding diaryl/α,β-unsaturated/α-hetero) is 3. The summed E-state index contributed by atoms with van der Waals surface area (Å²) >= 11 is 0. The first-order valence-corrected chi connectivity index (χ1v) is 13.9. The second kappa shape index (κ2) is 9.53. The lowest BCUT2D eigenvalue weighted by atomic mass is 9.68. The zero-order valence-corrected chi connectivity index (χ0v) is 20.5. The Kier molecular flexibility index (Phi) is 6.83. The minimum Gasteiger partial charge on any atom is -0.391 e. The molecule has 4 aliphatic carbocycles. The fraction of sp³-hybridized carbons (Fsp3) is 0.893. The Morgan fingerprint density at radius 1 is 0.848 bits per heavy atom. The Morgan fingerprint density at radius 3 is 2.30 bits per heavy atom. The van der Waals surface area contributed by atoms with E-state index in [1.54, 1.807) is 0 Å². The van der Waals surface area contributed by atoms with Gasteiger partial charge in [-0.2, -0.15) is 0 Å². The molecule has 0 bridgehead atoms. The molecular weight excluding hydrogens is 414 g/mol. The van der Waals surface area contributed by atoms with Gasteiger partial charge in [0.25, 0.3) is 0 Å². The molecule has 5 heteroatoms. The highest BCUT2D eigenvalue weighted by Gasteiger charge is 2.57. The number of carbonyl (C=O) groups excluding carboxylic acids is 3. The van der Waals surface area contributed by atoms with Crippen molar-refractivity contribution in [2.24, 2.45) is 47.3 Å². The third-order valence-corrected chi connectivity index (χ3v) is 10.3. The summed E-state index contributed by atoms with van der Waals surface area (Å²) in [5.74, 6) is 1.06. The fourth-order valence-electron chi connectivity index (χ4n) is 8.28. The Bertz CT molecular complexity index is 772. The maximum atomic E-state index is 13.6. The van der Waals surface area contributed by atoms with Crippen LogP contribution in [-0.2, 0) is 14.4 Å². The summed E-state index contributed by atoms with van der Waals surface area (Å²) in [4.78, 5) is 40.1. The van der Waals surface area contributed by atoms with Crippen LogP contribution in [0.25, 0.3) is 0 Å². The van der Waals surface area contributed by atoms with Crippen molar-refractivity contribution in [3.63, 3.8) is 0 Å². The van der Waals surface area contributed by atoms with Gasteiger partial charge in [0, 0.05) is 35.8 Å². The molecule has 2 N–H and O–H groups in total. The maximum Gasteiger partial charge on any atom is 0.148 e. The highest BCUT2D eigenvalue weighted by Crippen LogP contribution is 2.47. The SMILES string of the molecule is CC(C)C1CCC2NC(C3C(=O)C4CCC(C(=O)C5CCCCC5)CC4C3=O)C(O)CC2C1. The molecule has 1 saturated heterocycles. The van der Waals surface area contributed by atoms with Crippen molar-refractivity contribution in [1.29, 1.82) is 0 Å². The van der Waals surface area contributed by atoms with Crippen LogP contribution in [0.1, 0.15) is 90.9 Å². The largest absolute Gasteiger partial charge is 0.391 e. The van der Waals surface area contributed by atoms with E-state index in [9.17, 15) is 19.5 Å². The van der Waals surface area contributed by atoms with Crippen molar-refractivity contribution in [2.45, 2.75) is 109 Å². The van der Waals surface area contributed by atoms with E-state index in [0.29, 0.717) is 48.8 Å². The van der Waals surface area contributed by atoms with Gasteiger partial charge in [0.1, 0.15) is 17.3 Å². The molecular formula is C28H43NO4. The van der Waals surface area contributed by atoms with Crippen LogP contribution in [0.4, 0.5) is 0 Å². The Labute approximate surface area is 198 Å². The second-order valence-electron chi connectivity index (χ2n) is 12.4. The van der Waals surface area contributed by atoms with Crippen LogP contribution in [0, 0.1) is 47.3 Å². The van der Waals surface area contributed by atoms with Gasteiger partial charge >= 0.3 is 0 Å². The number of aliphatic hydroxyl groups excluding tert-OH is 1. The smallest absolute Gasteiger partial charge is 0.148 e. The molecule has 33 heavy (non-hydrogen) atoms. The summed E-state index contributed by atoms with van der Waals surface area (Å²) in [6, 6.07) is -0.141.